The van der Waals surface area contributed by atoms with Gasteiger partial charge in [0.1, 0.15) is 22.8 Å². The Morgan fingerprint density at radius 2 is 1.80 bits per heavy atom. The number of aryl methyl sites for hydroxylation is 2. The van der Waals surface area contributed by atoms with Crippen LogP contribution in [0.15, 0.2) is 34.7 Å². The maximum atomic E-state index is 12.1. The van der Waals surface area contributed by atoms with Crippen molar-refractivity contribution in [2.45, 2.75) is 20.2 Å². The molecule has 9 heteroatoms. The van der Waals surface area contributed by atoms with Crippen LogP contribution in [0, 0.1) is 13.8 Å². The highest BCUT2D eigenvalue weighted by molar-refractivity contribution is 5.95. The Hall–Kier alpha value is -2.97. The van der Waals surface area contributed by atoms with Gasteiger partial charge in [-0.3, -0.25) is 4.79 Å². The second-order valence-corrected chi connectivity index (χ2v) is 5.02. The predicted octanol–water partition coefficient (Wildman–Crippen LogP) is 3.59. The van der Waals surface area contributed by atoms with E-state index in [1.54, 1.807) is 13.8 Å². The van der Waals surface area contributed by atoms with Crippen LogP contribution in [0.1, 0.15) is 21.9 Å². The van der Waals surface area contributed by atoms with E-state index >= 15 is 0 Å². The Kier molecular flexibility index (Phi) is 5.35. The largest absolute Gasteiger partial charge is 0.573 e. The summed E-state index contributed by atoms with van der Waals surface area (Å²) in [4.78, 5) is 23.6. The maximum absolute atomic E-state index is 12.1. The molecule has 0 atom stereocenters. The van der Waals surface area contributed by atoms with Crippen molar-refractivity contribution in [3.63, 3.8) is 0 Å². The van der Waals surface area contributed by atoms with E-state index in [4.69, 9.17) is 9.15 Å². The first kappa shape index (κ1) is 18.4. The van der Waals surface area contributed by atoms with Crippen LogP contribution in [-0.4, -0.2) is 24.8 Å². The molecule has 0 saturated carbocycles. The van der Waals surface area contributed by atoms with Crippen molar-refractivity contribution in [3.05, 3.63) is 47.4 Å². The number of ether oxygens (including phenoxy) is 2. The molecule has 0 saturated heterocycles. The van der Waals surface area contributed by atoms with E-state index in [9.17, 15) is 22.8 Å². The molecule has 0 aliphatic carbocycles. The molecule has 0 aliphatic heterocycles. The van der Waals surface area contributed by atoms with E-state index in [1.807, 2.05) is 0 Å². The van der Waals surface area contributed by atoms with Crippen LogP contribution in [0.4, 0.5) is 18.9 Å². The number of nitrogens with one attached hydrogen (secondary N) is 1. The van der Waals surface area contributed by atoms with Crippen molar-refractivity contribution in [3.8, 4) is 5.75 Å². The minimum atomic E-state index is -4.79. The van der Waals surface area contributed by atoms with Crippen LogP contribution in [-0.2, 0) is 9.53 Å². The standard InChI is InChI=1S/C16H14F3NO5/c1-9-7-13(10(2)24-9)15(22)23-8-14(21)20-11-3-5-12(6-4-11)25-16(17,18)19/h3-7H,8H2,1-2H3,(H,20,21). The molecule has 0 fully saturated rings. The number of amides is 1. The van der Waals surface area contributed by atoms with Gasteiger partial charge in [-0.15, -0.1) is 13.2 Å². The second kappa shape index (κ2) is 7.29. The molecule has 6 nitrogen and oxygen atoms in total. The molecule has 0 radical (unpaired) electrons. The van der Waals surface area contributed by atoms with Crippen LogP contribution >= 0.6 is 0 Å². The number of alkyl halides is 3. The van der Waals surface area contributed by atoms with Crippen molar-refractivity contribution in [2.75, 3.05) is 11.9 Å². The van der Waals surface area contributed by atoms with Gasteiger partial charge < -0.3 is 19.2 Å². The lowest BCUT2D eigenvalue weighted by Crippen LogP contribution is -2.21. The first-order chi connectivity index (χ1) is 11.6. The van der Waals surface area contributed by atoms with Crippen molar-refractivity contribution in [1.29, 1.82) is 0 Å². The molecule has 0 aliphatic rings. The fourth-order valence-corrected chi connectivity index (χ4v) is 1.98. The highest BCUT2D eigenvalue weighted by Gasteiger charge is 2.30. The number of carbonyl (C=O) groups excluding carboxylic acids is 2. The Labute approximate surface area is 140 Å². The zero-order valence-corrected chi connectivity index (χ0v) is 13.3. The summed E-state index contributed by atoms with van der Waals surface area (Å²) in [5.41, 5.74) is 0.449. The maximum Gasteiger partial charge on any atom is 0.573 e. The van der Waals surface area contributed by atoms with Gasteiger partial charge in [-0.05, 0) is 44.2 Å². The molecular weight excluding hydrogens is 343 g/mol. The van der Waals surface area contributed by atoms with E-state index < -0.39 is 30.6 Å². The number of carbonyl (C=O) groups is 2. The van der Waals surface area contributed by atoms with E-state index in [0.717, 1.165) is 12.1 Å². The third kappa shape index (κ3) is 5.55. The SMILES string of the molecule is Cc1cc(C(=O)OCC(=O)Nc2ccc(OC(F)(F)F)cc2)c(C)o1. The highest BCUT2D eigenvalue weighted by atomic mass is 19.4. The number of furan rings is 1. The van der Waals surface area contributed by atoms with E-state index in [0.29, 0.717) is 11.5 Å². The van der Waals surface area contributed by atoms with E-state index in [2.05, 4.69) is 10.1 Å². The quantitative estimate of drug-likeness (QED) is 0.828. The Balaban J connectivity index is 1.86. The first-order valence-corrected chi connectivity index (χ1v) is 7.04. The van der Waals surface area contributed by atoms with Crippen LogP contribution < -0.4 is 10.1 Å². The summed E-state index contributed by atoms with van der Waals surface area (Å²) in [5.74, 6) is -0.852. The molecule has 1 amide bonds. The molecule has 134 valence electrons. The second-order valence-electron chi connectivity index (χ2n) is 5.02. The first-order valence-electron chi connectivity index (χ1n) is 7.04. The van der Waals surface area contributed by atoms with Crippen molar-refractivity contribution < 1.29 is 36.7 Å². The molecule has 0 unspecified atom stereocenters. The van der Waals surface area contributed by atoms with Gasteiger partial charge in [0, 0.05) is 5.69 Å². The number of rotatable bonds is 5. The summed E-state index contributed by atoms with van der Waals surface area (Å²) in [7, 11) is 0. The number of anilines is 1. The summed E-state index contributed by atoms with van der Waals surface area (Å²) in [6.07, 6.45) is -4.79. The third-order valence-electron chi connectivity index (χ3n) is 2.97. The minimum Gasteiger partial charge on any atom is -0.466 e. The Morgan fingerprint density at radius 3 is 2.32 bits per heavy atom. The summed E-state index contributed by atoms with van der Waals surface area (Å²) in [5, 5.41) is 2.38. The molecule has 2 aromatic rings. The van der Waals surface area contributed by atoms with Gasteiger partial charge in [-0.25, -0.2) is 4.79 Å². The summed E-state index contributed by atoms with van der Waals surface area (Å²) in [6, 6.07) is 6.04. The van der Waals surface area contributed by atoms with Gasteiger partial charge in [-0.2, -0.15) is 0 Å². The normalized spacial score (nSPS) is 11.1. The molecule has 1 aromatic heterocycles. The van der Waals surface area contributed by atoms with Crippen LogP contribution in [0.25, 0.3) is 0 Å². The fourth-order valence-electron chi connectivity index (χ4n) is 1.98. The van der Waals surface area contributed by atoms with Crippen molar-refractivity contribution in [2.24, 2.45) is 0 Å². The van der Waals surface area contributed by atoms with Crippen LogP contribution in [0.2, 0.25) is 0 Å². The molecule has 1 aromatic carbocycles. The van der Waals surface area contributed by atoms with E-state index in [-0.39, 0.29) is 11.3 Å². The summed E-state index contributed by atoms with van der Waals surface area (Å²) in [6.45, 7) is 2.71. The van der Waals surface area contributed by atoms with Crippen LogP contribution in [0.3, 0.4) is 0 Å². The highest BCUT2D eigenvalue weighted by Crippen LogP contribution is 2.24. The van der Waals surface area contributed by atoms with Crippen molar-refractivity contribution >= 4 is 17.6 Å². The van der Waals surface area contributed by atoms with Gasteiger partial charge in [0.05, 0.1) is 0 Å². The van der Waals surface area contributed by atoms with Crippen molar-refractivity contribution in [1.82, 2.24) is 0 Å². The smallest absolute Gasteiger partial charge is 0.466 e. The topological polar surface area (TPSA) is 77.8 Å². The number of esters is 1. The number of hydrogen-bond donors (Lipinski definition) is 1. The lowest BCUT2D eigenvalue weighted by Gasteiger charge is -2.10. The number of benzene rings is 1. The Morgan fingerprint density at radius 1 is 1.16 bits per heavy atom. The zero-order chi connectivity index (χ0) is 18.6. The average Bonchev–Trinajstić information content (AvgIpc) is 2.84. The zero-order valence-electron chi connectivity index (χ0n) is 13.3. The summed E-state index contributed by atoms with van der Waals surface area (Å²) < 4.78 is 49.9. The Bertz CT molecular complexity index is 765. The van der Waals surface area contributed by atoms with E-state index in [1.165, 1.54) is 18.2 Å². The fraction of sp³-hybridized carbons (Fsp3) is 0.250. The molecule has 2 rings (SSSR count). The average molecular weight is 357 g/mol. The molecule has 0 spiro atoms. The lowest BCUT2D eigenvalue weighted by atomic mass is 10.2. The third-order valence-corrected chi connectivity index (χ3v) is 2.97. The number of halogens is 3. The number of hydrogen-bond acceptors (Lipinski definition) is 5. The summed E-state index contributed by atoms with van der Waals surface area (Å²) >= 11 is 0. The predicted molar refractivity (Wildman–Crippen MR) is 80.2 cm³/mol. The van der Waals surface area contributed by atoms with Crippen LogP contribution in [0.5, 0.6) is 5.75 Å². The molecule has 0 bridgehead atoms. The molecule has 25 heavy (non-hydrogen) atoms. The molecule has 1 N–H and O–H groups in total. The van der Waals surface area contributed by atoms with Gasteiger partial charge in [0.25, 0.3) is 5.91 Å². The monoisotopic (exact) mass is 357 g/mol. The van der Waals surface area contributed by atoms with Gasteiger partial charge >= 0.3 is 12.3 Å². The lowest BCUT2D eigenvalue weighted by molar-refractivity contribution is -0.274. The van der Waals surface area contributed by atoms with Gasteiger partial charge in [-0.1, -0.05) is 0 Å². The minimum absolute atomic E-state index is 0.221. The molecular formula is C16H14F3NO5. The van der Waals surface area contributed by atoms with Gasteiger partial charge in [0.15, 0.2) is 6.61 Å². The molecule has 1 heterocycles. The van der Waals surface area contributed by atoms with Gasteiger partial charge in [0.2, 0.25) is 0 Å².